The molecule has 0 saturated heterocycles. The first-order valence-electron chi connectivity index (χ1n) is 2.96. The van der Waals surface area contributed by atoms with Gasteiger partial charge in [-0.3, -0.25) is 5.73 Å². The quantitative estimate of drug-likeness (QED) is 0.676. The highest BCUT2D eigenvalue weighted by Crippen LogP contribution is 2.27. The van der Waals surface area contributed by atoms with Crippen molar-refractivity contribution in [2.24, 2.45) is 0 Å². The molecular formula is C6H5ClF3N2+. The summed E-state index contributed by atoms with van der Waals surface area (Å²) in [4.78, 5) is 1.94. The summed E-state index contributed by atoms with van der Waals surface area (Å²) in [5.41, 5.74) is 4.22. The lowest BCUT2D eigenvalue weighted by atomic mass is 10.3. The van der Waals surface area contributed by atoms with Gasteiger partial charge in [-0.05, 0) is 12.1 Å². The number of aromatic amines is 1. The molecule has 3 N–H and O–H groups in total. The van der Waals surface area contributed by atoms with Crippen molar-refractivity contribution in [3.8, 4) is 0 Å². The van der Waals surface area contributed by atoms with Gasteiger partial charge in [-0.1, -0.05) is 11.6 Å². The van der Waals surface area contributed by atoms with Crippen LogP contribution in [0.4, 0.5) is 19.0 Å². The topological polar surface area (TPSA) is 40.2 Å². The van der Waals surface area contributed by atoms with Gasteiger partial charge in [0.25, 0.3) is 5.82 Å². The second kappa shape index (κ2) is 2.82. The molecule has 1 heterocycles. The van der Waals surface area contributed by atoms with Gasteiger partial charge in [-0.2, -0.15) is 13.2 Å². The fraction of sp³-hybridized carbons (Fsp3) is 0.167. The number of rotatable bonds is 0. The molecule has 0 amide bonds. The summed E-state index contributed by atoms with van der Waals surface area (Å²) < 4.78 is 35.9. The molecule has 6 heteroatoms. The molecular weight excluding hydrogens is 193 g/mol. The van der Waals surface area contributed by atoms with E-state index in [-0.39, 0.29) is 10.8 Å². The van der Waals surface area contributed by atoms with Crippen LogP contribution in [0.15, 0.2) is 12.1 Å². The van der Waals surface area contributed by atoms with Crippen LogP contribution in [0, 0.1) is 0 Å². The van der Waals surface area contributed by atoms with Gasteiger partial charge in [0, 0.05) is 0 Å². The number of hydrogen-bond donors (Lipinski definition) is 1. The number of nitrogens with one attached hydrogen (secondary N) is 1. The molecule has 66 valence electrons. The van der Waals surface area contributed by atoms with Crippen molar-refractivity contribution in [1.29, 1.82) is 0 Å². The van der Waals surface area contributed by atoms with Gasteiger partial charge in [0.1, 0.15) is 5.02 Å². The summed E-state index contributed by atoms with van der Waals surface area (Å²) in [7, 11) is 0. The van der Waals surface area contributed by atoms with E-state index in [1.807, 2.05) is 4.98 Å². The molecule has 0 spiro atoms. The van der Waals surface area contributed by atoms with Crippen LogP contribution in [-0.4, -0.2) is 0 Å². The summed E-state index contributed by atoms with van der Waals surface area (Å²) in [5.74, 6) is -0.188. The Morgan fingerprint density at radius 3 is 2.33 bits per heavy atom. The maximum absolute atomic E-state index is 12.0. The molecule has 0 aliphatic carbocycles. The van der Waals surface area contributed by atoms with Crippen LogP contribution in [0.1, 0.15) is 5.69 Å². The van der Waals surface area contributed by atoms with Gasteiger partial charge in [0.15, 0.2) is 0 Å². The van der Waals surface area contributed by atoms with Crippen molar-refractivity contribution in [3.63, 3.8) is 0 Å². The number of anilines is 1. The highest BCUT2D eigenvalue weighted by atomic mass is 35.5. The first-order chi connectivity index (χ1) is 5.41. The molecule has 0 radical (unpaired) electrons. The number of nitrogen functional groups attached to an aromatic ring is 1. The van der Waals surface area contributed by atoms with Gasteiger partial charge >= 0.3 is 6.18 Å². The van der Waals surface area contributed by atoms with Gasteiger partial charge in [0.05, 0.1) is 0 Å². The summed E-state index contributed by atoms with van der Waals surface area (Å²) >= 11 is 5.41. The molecule has 0 aliphatic heterocycles. The van der Waals surface area contributed by atoms with E-state index in [1.165, 1.54) is 0 Å². The van der Waals surface area contributed by atoms with Gasteiger partial charge < -0.3 is 0 Å². The van der Waals surface area contributed by atoms with Gasteiger partial charge in [0.2, 0.25) is 5.69 Å². The van der Waals surface area contributed by atoms with E-state index in [0.717, 1.165) is 12.1 Å². The molecule has 2 nitrogen and oxygen atoms in total. The predicted molar refractivity (Wildman–Crippen MR) is 37.4 cm³/mol. The molecule has 0 atom stereocenters. The van der Waals surface area contributed by atoms with Crippen molar-refractivity contribution >= 4 is 17.4 Å². The van der Waals surface area contributed by atoms with Crippen LogP contribution in [0.5, 0.6) is 0 Å². The van der Waals surface area contributed by atoms with Crippen LogP contribution >= 0.6 is 11.6 Å². The van der Waals surface area contributed by atoms with E-state index in [9.17, 15) is 13.2 Å². The van der Waals surface area contributed by atoms with Crippen molar-refractivity contribution in [2.75, 3.05) is 5.73 Å². The van der Waals surface area contributed by atoms with Crippen molar-refractivity contribution in [3.05, 3.63) is 22.8 Å². The minimum absolute atomic E-state index is 0.0722. The largest absolute Gasteiger partial charge is 0.453 e. The third kappa shape index (κ3) is 1.79. The highest BCUT2D eigenvalue weighted by Gasteiger charge is 2.35. The first-order valence-corrected chi connectivity index (χ1v) is 3.33. The molecule has 0 bridgehead atoms. The van der Waals surface area contributed by atoms with E-state index in [4.69, 9.17) is 17.3 Å². The second-order valence-electron chi connectivity index (χ2n) is 2.13. The van der Waals surface area contributed by atoms with Gasteiger partial charge in [-0.25, -0.2) is 4.98 Å². The third-order valence-electron chi connectivity index (χ3n) is 1.23. The fourth-order valence-electron chi connectivity index (χ4n) is 0.658. The molecule has 0 aromatic carbocycles. The van der Waals surface area contributed by atoms with Crippen LogP contribution in [0.2, 0.25) is 5.02 Å². The second-order valence-corrected chi connectivity index (χ2v) is 2.54. The molecule has 1 aromatic heterocycles. The standard InChI is InChI=1S/C6H4ClF3N2/c7-3-1-2-4(6(8,9)10)12-5(3)11/h1-2H,(H2,11,12)/p+1. The van der Waals surface area contributed by atoms with Crippen molar-refractivity contribution in [1.82, 2.24) is 0 Å². The van der Waals surface area contributed by atoms with Crippen molar-refractivity contribution < 1.29 is 18.2 Å². The minimum atomic E-state index is -4.42. The zero-order valence-corrected chi connectivity index (χ0v) is 6.50. The zero-order chi connectivity index (χ0) is 9.35. The molecule has 1 aromatic rings. The summed E-state index contributed by atoms with van der Waals surface area (Å²) in [5, 5.41) is 0.0722. The Hall–Kier alpha value is -0.970. The number of aromatic nitrogens is 1. The molecule has 0 fully saturated rings. The molecule has 12 heavy (non-hydrogen) atoms. The monoisotopic (exact) mass is 197 g/mol. The van der Waals surface area contributed by atoms with Crippen LogP contribution in [0.3, 0.4) is 0 Å². The average molecular weight is 198 g/mol. The number of alkyl halides is 3. The maximum Gasteiger partial charge on any atom is 0.453 e. The molecule has 0 aliphatic rings. The Kier molecular flexibility index (Phi) is 2.14. The Bertz CT molecular complexity index is 297. The molecule has 0 saturated carbocycles. The van der Waals surface area contributed by atoms with E-state index in [2.05, 4.69) is 0 Å². The molecule has 0 unspecified atom stereocenters. The van der Waals surface area contributed by atoms with Crippen LogP contribution in [0.25, 0.3) is 0 Å². The summed E-state index contributed by atoms with van der Waals surface area (Å²) in [6, 6.07) is 1.93. The molecule has 1 rings (SSSR count). The highest BCUT2D eigenvalue weighted by molar-refractivity contribution is 6.32. The Morgan fingerprint density at radius 2 is 1.92 bits per heavy atom. The van der Waals surface area contributed by atoms with Crippen LogP contribution < -0.4 is 10.7 Å². The Labute approximate surface area is 71.2 Å². The van der Waals surface area contributed by atoms with E-state index < -0.39 is 11.9 Å². The maximum atomic E-state index is 12.0. The Balaban J connectivity index is 3.14. The third-order valence-corrected chi connectivity index (χ3v) is 1.56. The number of halogens is 4. The lowest BCUT2D eigenvalue weighted by Gasteiger charge is -2.02. The Morgan fingerprint density at radius 1 is 1.33 bits per heavy atom. The number of nitrogens with two attached hydrogens (primary N) is 1. The summed E-state index contributed by atoms with van der Waals surface area (Å²) in [6.45, 7) is 0. The normalized spacial score (nSPS) is 11.7. The minimum Gasteiger partial charge on any atom is -0.286 e. The van der Waals surface area contributed by atoms with E-state index in [1.54, 1.807) is 0 Å². The average Bonchev–Trinajstić information content (AvgIpc) is 1.92. The fourth-order valence-corrected chi connectivity index (χ4v) is 0.768. The number of hydrogen-bond acceptors (Lipinski definition) is 1. The van der Waals surface area contributed by atoms with Crippen LogP contribution in [-0.2, 0) is 6.18 Å². The first kappa shape index (κ1) is 9.12. The predicted octanol–water partition coefficient (Wildman–Crippen LogP) is 1.76. The summed E-state index contributed by atoms with van der Waals surface area (Å²) in [6.07, 6.45) is -4.42. The number of pyridine rings is 1. The lowest BCUT2D eigenvalue weighted by molar-refractivity contribution is -0.411. The SMILES string of the molecule is Nc1[nH+]c(C(F)(F)F)ccc1Cl. The van der Waals surface area contributed by atoms with E-state index >= 15 is 0 Å². The zero-order valence-electron chi connectivity index (χ0n) is 5.74. The smallest absolute Gasteiger partial charge is 0.286 e. The lowest BCUT2D eigenvalue weighted by Crippen LogP contribution is -2.23. The van der Waals surface area contributed by atoms with Crippen molar-refractivity contribution in [2.45, 2.75) is 6.18 Å². The number of H-pyrrole nitrogens is 1. The van der Waals surface area contributed by atoms with Gasteiger partial charge in [-0.15, -0.1) is 0 Å². The van der Waals surface area contributed by atoms with E-state index in [0.29, 0.717) is 0 Å².